The molecule has 0 aliphatic carbocycles. The zero-order valence-corrected chi connectivity index (χ0v) is 18.3. The quantitative estimate of drug-likeness (QED) is 0.446. The van der Waals surface area contributed by atoms with Gasteiger partial charge < -0.3 is 10.3 Å². The minimum absolute atomic E-state index is 0.0620. The average molecular weight is 431 g/mol. The fourth-order valence-electron chi connectivity index (χ4n) is 3.93. The van der Waals surface area contributed by atoms with Crippen LogP contribution in [0.5, 0.6) is 0 Å². The monoisotopic (exact) mass is 430 g/mol. The minimum atomic E-state index is -4.50. The number of carbonyl (C=O) groups excluding carboxylic acids is 1. The van der Waals surface area contributed by atoms with Crippen LogP contribution in [0.4, 0.5) is 13.2 Å². The van der Waals surface area contributed by atoms with E-state index in [2.05, 4.69) is 10.3 Å². The number of fused-ring (bicyclic) bond motifs is 1. The molecule has 1 heterocycles. The van der Waals surface area contributed by atoms with E-state index in [1.54, 1.807) is 12.3 Å². The van der Waals surface area contributed by atoms with Crippen molar-refractivity contribution in [2.45, 2.75) is 58.7 Å². The summed E-state index contributed by atoms with van der Waals surface area (Å²) in [5.74, 6) is -0.757. The topological polar surface area (TPSA) is 44.9 Å². The van der Waals surface area contributed by atoms with Crippen molar-refractivity contribution in [2.24, 2.45) is 5.92 Å². The molecule has 0 spiro atoms. The first-order valence-corrected chi connectivity index (χ1v) is 10.7. The van der Waals surface area contributed by atoms with E-state index in [0.717, 1.165) is 29.0 Å². The van der Waals surface area contributed by atoms with Crippen LogP contribution in [0.3, 0.4) is 0 Å². The average Bonchev–Trinajstić information content (AvgIpc) is 3.15. The number of halogens is 3. The van der Waals surface area contributed by atoms with Crippen molar-refractivity contribution in [1.82, 2.24) is 10.3 Å². The first-order chi connectivity index (χ1) is 14.6. The molecule has 2 N–H and O–H groups in total. The highest BCUT2D eigenvalue weighted by molar-refractivity contribution is 5.88. The van der Waals surface area contributed by atoms with Gasteiger partial charge in [-0.05, 0) is 42.0 Å². The van der Waals surface area contributed by atoms with Crippen molar-refractivity contribution in [3.8, 4) is 0 Å². The molecule has 1 aromatic heterocycles. The van der Waals surface area contributed by atoms with Crippen LogP contribution < -0.4 is 5.32 Å². The Morgan fingerprint density at radius 3 is 2.39 bits per heavy atom. The van der Waals surface area contributed by atoms with E-state index >= 15 is 0 Å². The largest absolute Gasteiger partial charge is 0.416 e. The summed E-state index contributed by atoms with van der Waals surface area (Å²) in [5, 5.41) is 3.79. The lowest BCUT2D eigenvalue weighted by Crippen LogP contribution is -2.37. The number of rotatable bonds is 7. The number of carbonyl (C=O) groups is 1. The van der Waals surface area contributed by atoms with E-state index < -0.39 is 17.7 Å². The van der Waals surface area contributed by atoms with Gasteiger partial charge in [0, 0.05) is 35.5 Å². The number of H-pyrrole nitrogens is 1. The Morgan fingerprint density at radius 1 is 1.03 bits per heavy atom. The van der Waals surface area contributed by atoms with Crippen molar-refractivity contribution in [1.29, 1.82) is 0 Å². The van der Waals surface area contributed by atoms with Crippen LogP contribution in [0.15, 0.2) is 48.7 Å². The Labute approximate surface area is 181 Å². The first kappa shape index (κ1) is 22.9. The number of alkyl halides is 3. The lowest BCUT2D eigenvalue weighted by Gasteiger charge is -2.23. The van der Waals surface area contributed by atoms with Crippen LogP contribution in [0.25, 0.3) is 10.9 Å². The van der Waals surface area contributed by atoms with E-state index in [-0.39, 0.29) is 29.9 Å². The summed E-state index contributed by atoms with van der Waals surface area (Å²) in [5.41, 5.74) is 2.11. The predicted molar refractivity (Wildman–Crippen MR) is 118 cm³/mol. The Hall–Kier alpha value is -2.76. The second kappa shape index (κ2) is 9.16. The molecule has 0 bridgehead atoms. The lowest BCUT2D eigenvalue weighted by atomic mass is 9.84. The molecule has 0 radical (unpaired) electrons. The van der Waals surface area contributed by atoms with Crippen molar-refractivity contribution >= 4 is 16.8 Å². The molecule has 2 aromatic carbocycles. The van der Waals surface area contributed by atoms with Crippen LogP contribution >= 0.6 is 0 Å². The van der Waals surface area contributed by atoms with Crippen molar-refractivity contribution < 1.29 is 18.0 Å². The summed E-state index contributed by atoms with van der Waals surface area (Å²) in [6.07, 6.45) is -2.01. The number of para-hydroxylation sites is 1. The van der Waals surface area contributed by atoms with Gasteiger partial charge in [-0.1, -0.05) is 57.2 Å². The van der Waals surface area contributed by atoms with Crippen molar-refractivity contribution in [3.63, 3.8) is 0 Å². The fraction of sp³-hybridized carbons (Fsp3) is 0.400. The molecule has 0 fully saturated rings. The van der Waals surface area contributed by atoms with E-state index in [9.17, 15) is 18.0 Å². The van der Waals surface area contributed by atoms with Gasteiger partial charge in [-0.25, -0.2) is 0 Å². The van der Waals surface area contributed by atoms with Gasteiger partial charge in [0.05, 0.1) is 5.56 Å². The number of amides is 1. The van der Waals surface area contributed by atoms with Gasteiger partial charge in [0.2, 0.25) is 5.91 Å². The summed E-state index contributed by atoms with van der Waals surface area (Å²) >= 11 is 0. The summed E-state index contributed by atoms with van der Waals surface area (Å²) in [6, 6.07) is 11.3. The highest BCUT2D eigenvalue weighted by Gasteiger charge is 2.36. The maximum atomic E-state index is 13.8. The molecule has 0 saturated carbocycles. The second-order valence-electron chi connectivity index (χ2n) is 8.38. The molecule has 0 aliphatic rings. The van der Waals surface area contributed by atoms with E-state index in [0.29, 0.717) is 5.56 Å². The van der Waals surface area contributed by atoms with Gasteiger partial charge in [0.25, 0.3) is 0 Å². The summed E-state index contributed by atoms with van der Waals surface area (Å²) in [6.45, 7) is 7.92. The smallest absolute Gasteiger partial charge is 0.361 e. The molecule has 0 aliphatic heterocycles. The highest BCUT2D eigenvalue weighted by Crippen LogP contribution is 2.41. The lowest BCUT2D eigenvalue weighted by molar-refractivity contribution is -0.138. The molecular formula is C25H29F3N2O. The maximum Gasteiger partial charge on any atom is 0.416 e. The highest BCUT2D eigenvalue weighted by atomic mass is 19.4. The molecule has 2 atom stereocenters. The summed E-state index contributed by atoms with van der Waals surface area (Å²) in [7, 11) is 0. The van der Waals surface area contributed by atoms with Crippen molar-refractivity contribution in [3.05, 3.63) is 70.9 Å². The molecule has 1 amide bonds. The first-order valence-electron chi connectivity index (χ1n) is 10.7. The van der Waals surface area contributed by atoms with Gasteiger partial charge in [-0.3, -0.25) is 4.79 Å². The maximum absolute atomic E-state index is 13.8. The minimum Gasteiger partial charge on any atom is -0.361 e. The van der Waals surface area contributed by atoms with Gasteiger partial charge in [-0.15, -0.1) is 0 Å². The van der Waals surface area contributed by atoms with Gasteiger partial charge >= 0.3 is 6.18 Å². The van der Waals surface area contributed by atoms with Crippen LogP contribution in [0, 0.1) is 5.92 Å². The molecule has 166 valence electrons. The van der Waals surface area contributed by atoms with E-state index in [1.165, 1.54) is 12.1 Å². The van der Waals surface area contributed by atoms with Crippen LogP contribution in [-0.2, 0) is 17.4 Å². The van der Waals surface area contributed by atoms with E-state index in [4.69, 9.17) is 0 Å². The number of benzene rings is 2. The van der Waals surface area contributed by atoms with Crippen LogP contribution in [-0.4, -0.2) is 16.9 Å². The second-order valence-corrected chi connectivity index (χ2v) is 8.38. The SMILES string of the molecule is CCc1cccc2c([C@H](CC(=O)N[C@@H](C)C(C)C)c3ccccc3C(F)(F)F)c[nH]c12. The van der Waals surface area contributed by atoms with Crippen LogP contribution in [0.1, 0.15) is 62.3 Å². The number of hydrogen-bond donors (Lipinski definition) is 2. The molecule has 3 aromatic rings. The number of aromatic nitrogens is 1. The third kappa shape index (κ3) is 4.94. The predicted octanol–water partition coefficient (Wildman–Crippen LogP) is 6.43. The standard InChI is InChI=1S/C25H29F3N2O/c1-5-17-9-8-11-19-21(14-29-24(17)19)20(13-23(31)30-16(4)15(2)3)18-10-6-7-12-22(18)25(26,27)28/h6-12,14-16,20,29H,5,13H2,1-4H3,(H,30,31)/t16-,20+/m0/s1. The Morgan fingerprint density at radius 2 is 1.74 bits per heavy atom. The Kier molecular flexibility index (Phi) is 6.77. The molecule has 0 saturated heterocycles. The molecule has 6 heteroatoms. The molecule has 3 nitrogen and oxygen atoms in total. The van der Waals surface area contributed by atoms with Gasteiger partial charge in [0.1, 0.15) is 0 Å². The van der Waals surface area contributed by atoms with Gasteiger partial charge in [-0.2, -0.15) is 13.2 Å². The Balaban J connectivity index is 2.12. The molecule has 31 heavy (non-hydrogen) atoms. The molecular weight excluding hydrogens is 401 g/mol. The number of aryl methyl sites for hydroxylation is 1. The number of aromatic amines is 1. The fourth-order valence-corrected chi connectivity index (χ4v) is 3.93. The number of nitrogens with one attached hydrogen (secondary N) is 2. The molecule has 3 rings (SSSR count). The van der Waals surface area contributed by atoms with Crippen molar-refractivity contribution in [2.75, 3.05) is 0 Å². The number of hydrogen-bond acceptors (Lipinski definition) is 1. The third-order valence-electron chi connectivity index (χ3n) is 6.01. The Bertz CT molecular complexity index is 1050. The summed E-state index contributed by atoms with van der Waals surface area (Å²) in [4.78, 5) is 16.1. The van der Waals surface area contributed by atoms with Gasteiger partial charge in [0.15, 0.2) is 0 Å². The van der Waals surface area contributed by atoms with Crippen LogP contribution in [0.2, 0.25) is 0 Å². The zero-order chi connectivity index (χ0) is 22.8. The normalized spacial score (nSPS) is 14.1. The zero-order valence-electron chi connectivity index (χ0n) is 18.3. The summed E-state index contributed by atoms with van der Waals surface area (Å²) < 4.78 is 41.5. The molecule has 0 unspecified atom stereocenters. The third-order valence-corrected chi connectivity index (χ3v) is 6.01. The van der Waals surface area contributed by atoms with E-state index in [1.807, 2.05) is 45.9 Å².